The third-order valence-electron chi connectivity index (χ3n) is 5.09. The second kappa shape index (κ2) is 8.55. The average molecular weight is 415 g/mol. The minimum Gasteiger partial charge on any atom is -0.339 e. The maximum absolute atomic E-state index is 12.6. The van der Waals surface area contributed by atoms with E-state index in [0.29, 0.717) is 5.75 Å². The summed E-state index contributed by atoms with van der Waals surface area (Å²) in [5.41, 5.74) is 3.27. The number of piperazine rings is 1. The van der Waals surface area contributed by atoms with Crippen LogP contribution in [-0.2, 0) is 18.4 Å². The van der Waals surface area contributed by atoms with Crippen LogP contribution in [0.5, 0.6) is 0 Å². The Morgan fingerprint density at radius 1 is 1.11 bits per heavy atom. The molecular formula is C21H23ClN4OS. The van der Waals surface area contributed by atoms with E-state index in [1.807, 2.05) is 54.4 Å². The molecule has 28 heavy (non-hydrogen) atoms. The fourth-order valence-electron chi connectivity index (χ4n) is 3.52. The number of hydrogen-bond acceptors (Lipinski definition) is 4. The highest BCUT2D eigenvalue weighted by Crippen LogP contribution is 2.23. The van der Waals surface area contributed by atoms with Crippen molar-refractivity contribution < 1.29 is 4.79 Å². The Kier molecular flexibility index (Phi) is 5.90. The second-order valence-corrected chi connectivity index (χ2v) is 8.40. The van der Waals surface area contributed by atoms with Crippen LogP contribution in [0.2, 0.25) is 5.02 Å². The first-order chi connectivity index (χ1) is 13.6. The molecule has 0 spiro atoms. The molecule has 2 aromatic carbocycles. The van der Waals surface area contributed by atoms with Crippen molar-refractivity contribution in [2.75, 3.05) is 31.9 Å². The van der Waals surface area contributed by atoms with Crippen LogP contribution in [0.25, 0.3) is 11.0 Å². The largest absolute Gasteiger partial charge is 0.339 e. The molecule has 0 unspecified atom stereocenters. The fraction of sp³-hybridized carbons (Fsp3) is 0.333. The van der Waals surface area contributed by atoms with Gasteiger partial charge in [0.1, 0.15) is 0 Å². The van der Waals surface area contributed by atoms with E-state index in [2.05, 4.69) is 20.5 Å². The number of nitrogens with zero attached hydrogens (tertiary/aromatic N) is 4. The zero-order chi connectivity index (χ0) is 19.5. The van der Waals surface area contributed by atoms with Gasteiger partial charge in [-0.05, 0) is 29.8 Å². The van der Waals surface area contributed by atoms with Crippen molar-refractivity contribution in [1.29, 1.82) is 0 Å². The minimum atomic E-state index is 0.180. The Morgan fingerprint density at radius 3 is 2.64 bits per heavy atom. The number of imidazole rings is 1. The number of carbonyl (C=O) groups excluding carboxylic acids is 1. The van der Waals surface area contributed by atoms with Gasteiger partial charge in [0, 0.05) is 44.8 Å². The van der Waals surface area contributed by atoms with Crippen LogP contribution < -0.4 is 0 Å². The average Bonchev–Trinajstić information content (AvgIpc) is 3.03. The molecule has 0 saturated carbocycles. The normalized spacial score (nSPS) is 15.3. The molecule has 4 rings (SSSR count). The van der Waals surface area contributed by atoms with Gasteiger partial charge in [-0.3, -0.25) is 9.69 Å². The van der Waals surface area contributed by atoms with E-state index in [1.54, 1.807) is 0 Å². The first kappa shape index (κ1) is 19.3. The van der Waals surface area contributed by atoms with Crippen molar-refractivity contribution in [2.45, 2.75) is 11.7 Å². The van der Waals surface area contributed by atoms with E-state index >= 15 is 0 Å². The van der Waals surface area contributed by atoms with Crippen molar-refractivity contribution in [3.05, 3.63) is 59.1 Å². The van der Waals surface area contributed by atoms with Gasteiger partial charge in [0.15, 0.2) is 5.16 Å². The fourth-order valence-corrected chi connectivity index (χ4v) is 4.62. The van der Waals surface area contributed by atoms with E-state index < -0.39 is 0 Å². The Bertz CT molecular complexity index is 981. The molecular weight excluding hydrogens is 392 g/mol. The molecule has 1 fully saturated rings. The number of halogens is 1. The molecule has 146 valence electrons. The predicted molar refractivity (Wildman–Crippen MR) is 115 cm³/mol. The summed E-state index contributed by atoms with van der Waals surface area (Å²) in [5.74, 6) is 0.602. The first-order valence-electron chi connectivity index (χ1n) is 9.39. The number of carbonyl (C=O) groups is 1. The van der Waals surface area contributed by atoms with Gasteiger partial charge in [0.2, 0.25) is 5.91 Å². The summed E-state index contributed by atoms with van der Waals surface area (Å²) in [6.45, 7) is 4.17. The van der Waals surface area contributed by atoms with Gasteiger partial charge in [-0.2, -0.15) is 0 Å². The second-order valence-electron chi connectivity index (χ2n) is 7.02. The van der Waals surface area contributed by atoms with Crippen LogP contribution in [0.1, 0.15) is 5.56 Å². The quantitative estimate of drug-likeness (QED) is 0.597. The standard InChI is InChI=1S/C21H23ClN4OS/c1-24-19-8-3-2-7-18(19)23-21(24)28-15-20(27)26-11-9-25(10-12-26)14-16-5-4-6-17(22)13-16/h2-8,13H,9-12,14-15H2,1H3. The summed E-state index contributed by atoms with van der Waals surface area (Å²) in [6.07, 6.45) is 0. The summed E-state index contributed by atoms with van der Waals surface area (Å²) >= 11 is 7.58. The van der Waals surface area contributed by atoms with Crippen molar-refractivity contribution >= 4 is 40.3 Å². The highest BCUT2D eigenvalue weighted by Gasteiger charge is 2.22. The molecule has 0 radical (unpaired) electrons. The van der Waals surface area contributed by atoms with Gasteiger partial charge >= 0.3 is 0 Å². The molecule has 1 amide bonds. The number of thioether (sulfide) groups is 1. The number of rotatable bonds is 5. The van der Waals surface area contributed by atoms with E-state index in [9.17, 15) is 4.79 Å². The van der Waals surface area contributed by atoms with Crippen molar-refractivity contribution in [3.8, 4) is 0 Å². The van der Waals surface area contributed by atoms with Crippen LogP contribution in [-0.4, -0.2) is 57.2 Å². The van der Waals surface area contributed by atoms with Gasteiger partial charge in [-0.25, -0.2) is 4.98 Å². The molecule has 2 heterocycles. The zero-order valence-electron chi connectivity index (χ0n) is 15.8. The summed E-state index contributed by atoms with van der Waals surface area (Å²) in [5, 5.41) is 1.65. The molecule has 7 heteroatoms. The molecule has 5 nitrogen and oxygen atoms in total. The van der Waals surface area contributed by atoms with Crippen molar-refractivity contribution in [1.82, 2.24) is 19.4 Å². The zero-order valence-corrected chi connectivity index (χ0v) is 17.4. The van der Waals surface area contributed by atoms with E-state index in [1.165, 1.54) is 17.3 Å². The number of aryl methyl sites for hydroxylation is 1. The van der Waals surface area contributed by atoms with Gasteiger partial charge in [-0.1, -0.05) is 47.6 Å². The van der Waals surface area contributed by atoms with Gasteiger partial charge < -0.3 is 9.47 Å². The Labute approximate surface area is 174 Å². The van der Waals surface area contributed by atoms with Gasteiger partial charge in [0.25, 0.3) is 0 Å². The number of hydrogen-bond donors (Lipinski definition) is 0. The van der Waals surface area contributed by atoms with Crippen LogP contribution in [0.15, 0.2) is 53.7 Å². The van der Waals surface area contributed by atoms with E-state index in [0.717, 1.165) is 53.9 Å². The minimum absolute atomic E-state index is 0.180. The highest BCUT2D eigenvalue weighted by molar-refractivity contribution is 7.99. The third kappa shape index (κ3) is 4.35. The lowest BCUT2D eigenvalue weighted by molar-refractivity contribution is -0.130. The molecule has 0 N–H and O–H groups in total. The maximum Gasteiger partial charge on any atom is 0.233 e. The molecule has 1 aliphatic rings. The molecule has 1 saturated heterocycles. The van der Waals surface area contributed by atoms with Crippen molar-refractivity contribution in [2.24, 2.45) is 7.05 Å². The molecule has 0 bridgehead atoms. The smallest absolute Gasteiger partial charge is 0.233 e. The SMILES string of the molecule is Cn1c(SCC(=O)N2CCN(Cc3cccc(Cl)c3)CC2)nc2ccccc21. The van der Waals surface area contributed by atoms with E-state index in [-0.39, 0.29) is 5.91 Å². The molecule has 0 atom stereocenters. The number of amides is 1. The van der Waals surface area contributed by atoms with E-state index in [4.69, 9.17) is 11.6 Å². The number of fused-ring (bicyclic) bond motifs is 1. The number of aromatic nitrogens is 2. The van der Waals surface area contributed by atoms with Crippen molar-refractivity contribution in [3.63, 3.8) is 0 Å². The first-order valence-corrected chi connectivity index (χ1v) is 10.8. The van der Waals surface area contributed by atoms with Crippen LogP contribution in [0.4, 0.5) is 0 Å². The topological polar surface area (TPSA) is 41.4 Å². The lowest BCUT2D eigenvalue weighted by Crippen LogP contribution is -2.48. The highest BCUT2D eigenvalue weighted by atomic mass is 35.5. The van der Waals surface area contributed by atoms with Crippen LogP contribution in [0.3, 0.4) is 0 Å². The molecule has 0 aliphatic carbocycles. The monoisotopic (exact) mass is 414 g/mol. The lowest BCUT2D eigenvalue weighted by atomic mass is 10.2. The Morgan fingerprint density at radius 2 is 1.89 bits per heavy atom. The van der Waals surface area contributed by atoms with Gasteiger partial charge in [0.05, 0.1) is 16.8 Å². The summed E-state index contributed by atoms with van der Waals surface area (Å²) in [7, 11) is 2.00. The van der Waals surface area contributed by atoms with Crippen LogP contribution >= 0.6 is 23.4 Å². The lowest BCUT2D eigenvalue weighted by Gasteiger charge is -2.34. The van der Waals surface area contributed by atoms with Crippen LogP contribution in [0, 0.1) is 0 Å². The number of para-hydroxylation sites is 2. The molecule has 1 aromatic heterocycles. The summed E-state index contributed by atoms with van der Waals surface area (Å²) in [6, 6.07) is 16.0. The predicted octanol–water partition coefficient (Wildman–Crippen LogP) is 3.66. The maximum atomic E-state index is 12.6. The Hall–Kier alpha value is -2.02. The number of benzene rings is 2. The molecule has 1 aliphatic heterocycles. The van der Waals surface area contributed by atoms with Gasteiger partial charge in [-0.15, -0.1) is 0 Å². The molecule has 3 aromatic rings. The Balaban J connectivity index is 1.28. The summed E-state index contributed by atoms with van der Waals surface area (Å²) in [4.78, 5) is 21.6. The third-order valence-corrected chi connectivity index (χ3v) is 6.34. The summed E-state index contributed by atoms with van der Waals surface area (Å²) < 4.78 is 2.05.